The van der Waals surface area contributed by atoms with E-state index in [2.05, 4.69) is 30.8 Å². The van der Waals surface area contributed by atoms with Crippen molar-refractivity contribution >= 4 is 5.57 Å². The highest BCUT2D eigenvalue weighted by Gasteiger charge is 1.99. The maximum atomic E-state index is 4.10. The standard InChI is InChI=1S/C14H12.2C2H6/c1-12(13-8-4-2-5-9-13)14-10-6-3-7-11-14;2*1-2/h2-11H,1H2;2*1-2H3. The van der Waals surface area contributed by atoms with Crippen LogP contribution in [0.1, 0.15) is 38.8 Å². The third-order valence-electron chi connectivity index (χ3n) is 2.24. The summed E-state index contributed by atoms with van der Waals surface area (Å²) < 4.78 is 0. The highest BCUT2D eigenvalue weighted by Crippen LogP contribution is 2.20. The van der Waals surface area contributed by atoms with Crippen LogP contribution in [-0.2, 0) is 0 Å². The molecule has 0 aliphatic rings. The average molecular weight is 240 g/mol. The molecule has 0 heteroatoms. The van der Waals surface area contributed by atoms with Crippen molar-refractivity contribution in [2.24, 2.45) is 0 Å². The second-order valence-corrected chi connectivity index (χ2v) is 3.21. The topological polar surface area (TPSA) is 0 Å². The largest absolute Gasteiger partial charge is 0.0906 e. The summed E-state index contributed by atoms with van der Waals surface area (Å²) in [7, 11) is 0. The minimum absolute atomic E-state index is 1.08. The van der Waals surface area contributed by atoms with E-state index in [1.165, 1.54) is 11.1 Å². The molecule has 0 aliphatic heterocycles. The van der Waals surface area contributed by atoms with E-state index in [0.29, 0.717) is 0 Å². The van der Waals surface area contributed by atoms with Crippen molar-refractivity contribution in [3.05, 3.63) is 78.4 Å². The second kappa shape index (κ2) is 10.3. The molecule has 96 valence electrons. The van der Waals surface area contributed by atoms with E-state index in [1.807, 2.05) is 64.1 Å². The summed E-state index contributed by atoms with van der Waals surface area (Å²) in [6.07, 6.45) is 0. The van der Waals surface area contributed by atoms with Gasteiger partial charge in [-0.25, -0.2) is 0 Å². The van der Waals surface area contributed by atoms with Crippen LogP contribution in [0.2, 0.25) is 0 Å². The summed E-state index contributed by atoms with van der Waals surface area (Å²) in [4.78, 5) is 0. The summed E-state index contributed by atoms with van der Waals surface area (Å²) in [6.45, 7) is 12.1. The highest BCUT2D eigenvalue weighted by atomic mass is 14.0. The lowest BCUT2D eigenvalue weighted by molar-refractivity contribution is 1.50. The molecule has 0 N–H and O–H groups in total. The van der Waals surface area contributed by atoms with Gasteiger partial charge in [0.1, 0.15) is 0 Å². The molecule has 0 aromatic heterocycles. The van der Waals surface area contributed by atoms with Gasteiger partial charge in [0.2, 0.25) is 0 Å². The molecule has 2 aromatic carbocycles. The summed E-state index contributed by atoms with van der Waals surface area (Å²) >= 11 is 0. The number of benzene rings is 2. The van der Waals surface area contributed by atoms with Crippen molar-refractivity contribution in [2.75, 3.05) is 0 Å². The van der Waals surface area contributed by atoms with Gasteiger partial charge in [0.25, 0.3) is 0 Å². The lowest BCUT2D eigenvalue weighted by atomic mass is 10.0. The highest BCUT2D eigenvalue weighted by molar-refractivity contribution is 5.77. The van der Waals surface area contributed by atoms with Gasteiger partial charge in [-0.15, -0.1) is 0 Å². The number of hydrogen-bond donors (Lipinski definition) is 0. The predicted octanol–water partition coefficient (Wildman–Crippen LogP) is 5.80. The first-order valence-corrected chi connectivity index (χ1v) is 6.67. The van der Waals surface area contributed by atoms with Crippen molar-refractivity contribution in [3.63, 3.8) is 0 Å². The SMILES string of the molecule is C=C(c1ccccc1)c1ccccc1.CC.CC. The third-order valence-corrected chi connectivity index (χ3v) is 2.24. The fourth-order valence-corrected chi connectivity index (χ4v) is 1.45. The van der Waals surface area contributed by atoms with Gasteiger partial charge in [0, 0.05) is 0 Å². The van der Waals surface area contributed by atoms with E-state index in [4.69, 9.17) is 0 Å². The Balaban J connectivity index is 0.000000659. The molecular weight excluding hydrogens is 216 g/mol. The first kappa shape index (κ1) is 16.2. The van der Waals surface area contributed by atoms with E-state index >= 15 is 0 Å². The summed E-state index contributed by atoms with van der Waals surface area (Å²) in [5, 5.41) is 0. The molecule has 0 saturated carbocycles. The Kier molecular flexibility index (Phi) is 9.30. The second-order valence-electron chi connectivity index (χ2n) is 3.21. The summed E-state index contributed by atoms with van der Waals surface area (Å²) in [5.74, 6) is 0. The van der Waals surface area contributed by atoms with Gasteiger partial charge < -0.3 is 0 Å². The zero-order valence-electron chi connectivity index (χ0n) is 12.0. The zero-order valence-corrected chi connectivity index (χ0v) is 12.0. The Morgan fingerprint density at radius 2 is 0.889 bits per heavy atom. The van der Waals surface area contributed by atoms with Crippen LogP contribution in [0.15, 0.2) is 67.2 Å². The normalized spacial score (nSPS) is 8.22. The molecule has 0 saturated heterocycles. The molecule has 2 rings (SSSR count). The molecule has 0 heterocycles. The number of hydrogen-bond acceptors (Lipinski definition) is 0. The minimum atomic E-state index is 1.08. The molecule has 0 nitrogen and oxygen atoms in total. The van der Waals surface area contributed by atoms with Crippen LogP contribution in [-0.4, -0.2) is 0 Å². The van der Waals surface area contributed by atoms with Crippen molar-refractivity contribution in [3.8, 4) is 0 Å². The molecule has 0 radical (unpaired) electrons. The molecule has 2 aromatic rings. The van der Waals surface area contributed by atoms with Crippen molar-refractivity contribution in [2.45, 2.75) is 27.7 Å². The molecule has 0 atom stereocenters. The Morgan fingerprint density at radius 3 is 1.17 bits per heavy atom. The molecule has 0 fully saturated rings. The van der Waals surface area contributed by atoms with Crippen LogP contribution >= 0.6 is 0 Å². The number of rotatable bonds is 2. The van der Waals surface area contributed by atoms with Crippen LogP contribution in [0.3, 0.4) is 0 Å². The van der Waals surface area contributed by atoms with E-state index in [1.54, 1.807) is 0 Å². The van der Waals surface area contributed by atoms with Crippen molar-refractivity contribution in [1.82, 2.24) is 0 Å². The van der Waals surface area contributed by atoms with Gasteiger partial charge in [0.05, 0.1) is 0 Å². The van der Waals surface area contributed by atoms with E-state index < -0.39 is 0 Å². The molecule has 0 aliphatic carbocycles. The van der Waals surface area contributed by atoms with Crippen LogP contribution < -0.4 is 0 Å². The molecule has 0 amide bonds. The summed E-state index contributed by atoms with van der Waals surface area (Å²) in [6, 6.07) is 20.5. The van der Waals surface area contributed by atoms with Crippen molar-refractivity contribution < 1.29 is 0 Å². The lowest BCUT2D eigenvalue weighted by Gasteiger charge is -2.04. The van der Waals surface area contributed by atoms with Gasteiger partial charge in [-0.05, 0) is 16.7 Å². The monoisotopic (exact) mass is 240 g/mol. The van der Waals surface area contributed by atoms with Crippen molar-refractivity contribution in [1.29, 1.82) is 0 Å². The Bertz CT molecular complexity index is 371. The first-order valence-electron chi connectivity index (χ1n) is 6.67. The van der Waals surface area contributed by atoms with E-state index in [9.17, 15) is 0 Å². The molecule has 0 spiro atoms. The maximum Gasteiger partial charge on any atom is -0.0183 e. The van der Waals surface area contributed by atoms with Gasteiger partial charge in [0.15, 0.2) is 0 Å². The smallest absolute Gasteiger partial charge is 0.0183 e. The van der Waals surface area contributed by atoms with Gasteiger partial charge in [-0.2, -0.15) is 0 Å². The minimum Gasteiger partial charge on any atom is -0.0906 e. The Hall–Kier alpha value is -1.82. The molecule has 0 unspecified atom stereocenters. The quantitative estimate of drug-likeness (QED) is 0.622. The van der Waals surface area contributed by atoms with Gasteiger partial charge in [-0.1, -0.05) is 94.9 Å². The van der Waals surface area contributed by atoms with Crippen LogP contribution in [0.5, 0.6) is 0 Å². The first-order chi connectivity index (χ1) is 8.88. The van der Waals surface area contributed by atoms with Gasteiger partial charge >= 0.3 is 0 Å². The Labute approximate surface area is 112 Å². The van der Waals surface area contributed by atoms with E-state index in [0.717, 1.165) is 5.57 Å². The molecule has 0 bridgehead atoms. The van der Waals surface area contributed by atoms with Gasteiger partial charge in [-0.3, -0.25) is 0 Å². The Morgan fingerprint density at radius 1 is 0.611 bits per heavy atom. The van der Waals surface area contributed by atoms with E-state index in [-0.39, 0.29) is 0 Å². The molecular formula is C18H24. The maximum absolute atomic E-state index is 4.10. The molecule has 18 heavy (non-hydrogen) atoms. The third kappa shape index (κ3) is 5.01. The van der Waals surface area contributed by atoms with Crippen LogP contribution in [0.25, 0.3) is 5.57 Å². The zero-order chi connectivity index (χ0) is 13.8. The summed E-state index contributed by atoms with van der Waals surface area (Å²) in [5.41, 5.74) is 3.43. The fraction of sp³-hybridized carbons (Fsp3) is 0.222. The fourth-order valence-electron chi connectivity index (χ4n) is 1.45. The predicted molar refractivity (Wildman–Crippen MR) is 83.7 cm³/mol. The lowest BCUT2D eigenvalue weighted by Crippen LogP contribution is -1.84. The van der Waals surface area contributed by atoms with Crippen LogP contribution in [0.4, 0.5) is 0 Å². The van der Waals surface area contributed by atoms with Crippen LogP contribution in [0, 0.1) is 0 Å². The average Bonchev–Trinajstić information content (AvgIpc) is 2.52.